The second-order valence-corrected chi connectivity index (χ2v) is 10.3. The summed E-state index contributed by atoms with van der Waals surface area (Å²) < 4.78 is 34.7. The largest absolute Gasteiger partial charge is 0.460 e. The van der Waals surface area contributed by atoms with Gasteiger partial charge in [-0.1, -0.05) is 6.58 Å². The van der Waals surface area contributed by atoms with Crippen LogP contribution in [0.3, 0.4) is 0 Å². The van der Waals surface area contributed by atoms with Crippen molar-refractivity contribution in [3.8, 4) is 12.1 Å². The fraction of sp³-hybridized carbons (Fsp3) is 0.417. The molecule has 0 aliphatic heterocycles. The lowest BCUT2D eigenvalue weighted by Gasteiger charge is -2.22. The minimum absolute atomic E-state index is 0.138. The fourth-order valence-electron chi connectivity index (χ4n) is 3.25. The van der Waals surface area contributed by atoms with Gasteiger partial charge >= 0.3 is 16.2 Å². The third-order valence-corrected chi connectivity index (χ3v) is 6.82. The van der Waals surface area contributed by atoms with E-state index in [0.717, 1.165) is 14.6 Å². The summed E-state index contributed by atoms with van der Waals surface area (Å²) in [6, 6.07) is 8.59. The predicted octanol–water partition coefficient (Wildman–Crippen LogP) is 2.59. The molecule has 1 unspecified atom stereocenters. The van der Waals surface area contributed by atoms with Gasteiger partial charge in [0, 0.05) is 38.4 Å². The van der Waals surface area contributed by atoms with E-state index in [1.807, 2.05) is 24.8 Å². The summed E-state index contributed by atoms with van der Waals surface area (Å²) in [5.41, 5.74) is 0.756. The minimum Gasteiger partial charge on any atom is -0.460 e. The van der Waals surface area contributed by atoms with Crippen LogP contribution in [0.15, 0.2) is 40.6 Å². The number of aromatic nitrogens is 2. The molecular weight excluding hydrogens is 526 g/mol. The van der Waals surface area contributed by atoms with Crippen LogP contribution in [-0.2, 0) is 26.3 Å². The Morgan fingerprint density at radius 2 is 1.92 bits per heavy atom. The zero-order valence-electron chi connectivity index (χ0n) is 22.4. The zero-order valence-corrected chi connectivity index (χ0v) is 23.2. The number of benzene rings is 1. The lowest BCUT2D eigenvalue weighted by molar-refractivity contribution is -0.142. The average Bonchev–Trinajstić information content (AvgIpc) is 3.23. The van der Waals surface area contributed by atoms with Crippen LogP contribution in [0, 0.1) is 22.7 Å². The first-order valence-electron chi connectivity index (χ1n) is 11.8. The summed E-state index contributed by atoms with van der Waals surface area (Å²) in [7, 11) is -1.14. The summed E-state index contributed by atoms with van der Waals surface area (Å²) in [6.45, 7) is 9.52. The van der Waals surface area contributed by atoms with Crippen LogP contribution in [0.1, 0.15) is 32.2 Å². The highest BCUT2D eigenvalue weighted by molar-refractivity contribution is 7.90. The molecule has 208 valence electrons. The van der Waals surface area contributed by atoms with Crippen molar-refractivity contribution in [1.82, 2.24) is 13.9 Å². The number of hydrogen-bond acceptors (Lipinski definition) is 11. The number of imidazole rings is 1. The van der Waals surface area contributed by atoms with Crippen LogP contribution in [0.4, 0.5) is 23.0 Å². The third kappa shape index (κ3) is 7.84. The molecule has 0 bridgehead atoms. The van der Waals surface area contributed by atoms with Gasteiger partial charge in [0.15, 0.2) is 11.4 Å². The Morgan fingerprint density at radius 3 is 2.46 bits per heavy atom. The number of aliphatic hydroxyl groups is 1. The normalized spacial score (nSPS) is 12.1. The molecule has 2 N–H and O–H groups in total. The topological polar surface area (TPSA) is 189 Å². The van der Waals surface area contributed by atoms with Gasteiger partial charge in [0.25, 0.3) is 5.95 Å². The van der Waals surface area contributed by atoms with E-state index in [1.54, 1.807) is 24.3 Å². The van der Waals surface area contributed by atoms with Crippen molar-refractivity contribution < 1.29 is 23.1 Å². The molecule has 1 aromatic heterocycles. The van der Waals surface area contributed by atoms with Gasteiger partial charge in [-0.15, -0.1) is 10.2 Å². The highest BCUT2D eigenvalue weighted by Crippen LogP contribution is 2.33. The molecule has 0 spiro atoms. The Balaban J connectivity index is 2.52. The Morgan fingerprint density at radius 1 is 1.26 bits per heavy atom. The van der Waals surface area contributed by atoms with Gasteiger partial charge in [-0.05, 0) is 39.0 Å². The first-order valence-corrected chi connectivity index (χ1v) is 13.2. The van der Waals surface area contributed by atoms with Crippen molar-refractivity contribution >= 4 is 39.2 Å². The van der Waals surface area contributed by atoms with Gasteiger partial charge in [0.05, 0.1) is 12.2 Å². The van der Waals surface area contributed by atoms with E-state index in [4.69, 9.17) is 4.74 Å². The van der Waals surface area contributed by atoms with Gasteiger partial charge in [-0.25, -0.2) is 4.79 Å². The monoisotopic (exact) mass is 557 g/mol. The van der Waals surface area contributed by atoms with Crippen LogP contribution < -0.4 is 9.62 Å². The quantitative estimate of drug-likeness (QED) is 0.212. The molecule has 15 heteroatoms. The van der Waals surface area contributed by atoms with E-state index >= 15 is 0 Å². The van der Waals surface area contributed by atoms with Gasteiger partial charge in [-0.2, -0.15) is 28.2 Å². The number of hydrogen-bond donors (Lipinski definition) is 2. The molecule has 0 aliphatic carbocycles. The number of carbonyl (C=O) groups is 1. The maximum Gasteiger partial charge on any atom is 0.333 e. The molecule has 1 heterocycles. The lowest BCUT2D eigenvalue weighted by Crippen LogP contribution is -2.29. The van der Waals surface area contributed by atoms with Crippen molar-refractivity contribution in [3.63, 3.8) is 0 Å². The first-order chi connectivity index (χ1) is 18.4. The number of anilines is 2. The van der Waals surface area contributed by atoms with Gasteiger partial charge in [0.1, 0.15) is 30.5 Å². The molecule has 2 aromatic rings. The maximum absolute atomic E-state index is 12.6. The van der Waals surface area contributed by atoms with E-state index < -0.39 is 28.9 Å². The van der Waals surface area contributed by atoms with Crippen molar-refractivity contribution in [3.05, 3.63) is 41.7 Å². The molecule has 2 rings (SSSR count). The number of nitrogens with one attached hydrogen (secondary N) is 1. The molecule has 1 aromatic carbocycles. The van der Waals surface area contributed by atoms with Crippen molar-refractivity contribution in [2.24, 2.45) is 10.2 Å². The summed E-state index contributed by atoms with van der Waals surface area (Å²) in [6.07, 6.45) is -1.27. The lowest BCUT2D eigenvalue weighted by atomic mass is 10.2. The Bertz CT molecular complexity index is 1430. The SMILES string of the molecule is C=C(C)C(=O)OCC(O)Cn1c(/N=N/c2ccc(N(CC)CC)cc2NS(=O)(=O)N(C)C)nc(C#N)c1C#N. The number of aliphatic hydroxyl groups excluding tert-OH is 1. The average molecular weight is 558 g/mol. The first kappa shape index (κ1) is 30.9. The zero-order chi connectivity index (χ0) is 29.3. The van der Waals surface area contributed by atoms with Crippen LogP contribution in [-0.4, -0.2) is 73.2 Å². The number of esters is 1. The molecule has 14 nitrogen and oxygen atoms in total. The number of carbonyl (C=O) groups excluding carboxylic acids is 1. The molecule has 0 aliphatic rings. The highest BCUT2D eigenvalue weighted by atomic mass is 32.2. The standard InChI is InChI=1S/C24H31N9O5S/c1-7-32(8-2)17-9-10-19(20(11-17)30-39(36,37)31(5)6)28-29-24-27-21(12-25)22(13-26)33(24)14-18(34)15-38-23(35)16(3)4/h9-11,18,30,34H,3,7-8,14-15H2,1-2,4-6H3/b29-28+. The van der Waals surface area contributed by atoms with Gasteiger partial charge in [0.2, 0.25) is 0 Å². The van der Waals surface area contributed by atoms with E-state index in [1.165, 1.54) is 21.0 Å². The maximum atomic E-state index is 12.6. The van der Waals surface area contributed by atoms with Crippen LogP contribution in [0.2, 0.25) is 0 Å². The van der Waals surface area contributed by atoms with Crippen LogP contribution in [0.5, 0.6) is 0 Å². The summed E-state index contributed by atoms with van der Waals surface area (Å²) in [4.78, 5) is 17.7. The molecule has 0 radical (unpaired) electrons. The van der Waals surface area contributed by atoms with Gasteiger partial charge in [-0.3, -0.25) is 9.29 Å². The summed E-state index contributed by atoms with van der Waals surface area (Å²) >= 11 is 0. The number of nitriles is 2. The second kappa shape index (κ2) is 13.5. The van der Waals surface area contributed by atoms with Gasteiger partial charge < -0.3 is 14.7 Å². The molecular formula is C24H31N9O5S. The number of ether oxygens (including phenoxy) is 1. The van der Waals surface area contributed by atoms with E-state index in [9.17, 15) is 28.8 Å². The number of azo groups is 1. The number of nitrogens with zero attached hydrogens (tertiary/aromatic N) is 8. The number of rotatable bonds is 13. The fourth-order valence-corrected chi connectivity index (χ4v) is 3.87. The van der Waals surface area contributed by atoms with E-state index in [2.05, 4.69) is 26.5 Å². The predicted molar refractivity (Wildman–Crippen MR) is 144 cm³/mol. The Kier molecular flexibility index (Phi) is 10.7. The molecule has 0 saturated heterocycles. The Labute approximate surface area is 227 Å². The summed E-state index contributed by atoms with van der Waals surface area (Å²) in [5.74, 6) is -0.888. The van der Waals surface area contributed by atoms with Crippen LogP contribution in [0.25, 0.3) is 0 Å². The van der Waals surface area contributed by atoms with E-state index in [-0.39, 0.29) is 40.8 Å². The van der Waals surface area contributed by atoms with Crippen molar-refractivity contribution in [2.45, 2.75) is 33.4 Å². The highest BCUT2D eigenvalue weighted by Gasteiger charge is 2.21. The smallest absolute Gasteiger partial charge is 0.333 e. The molecule has 1 atom stereocenters. The minimum atomic E-state index is -3.89. The second-order valence-electron chi connectivity index (χ2n) is 8.44. The molecule has 0 saturated carbocycles. The van der Waals surface area contributed by atoms with Crippen molar-refractivity contribution in [1.29, 1.82) is 10.5 Å². The van der Waals surface area contributed by atoms with Crippen LogP contribution >= 0.6 is 0 Å². The van der Waals surface area contributed by atoms with E-state index in [0.29, 0.717) is 13.1 Å². The molecule has 0 amide bonds. The molecule has 0 fully saturated rings. The third-order valence-electron chi connectivity index (χ3n) is 5.38. The Hall–Kier alpha value is -4.31. The molecule has 39 heavy (non-hydrogen) atoms. The summed E-state index contributed by atoms with van der Waals surface area (Å²) in [5, 5.41) is 37.6. The van der Waals surface area contributed by atoms with Crippen molar-refractivity contribution in [2.75, 3.05) is 43.4 Å².